The second-order valence-electron chi connectivity index (χ2n) is 5.08. The maximum absolute atomic E-state index is 10.6. The topological polar surface area (TPSA) is 46.2 Å². The Kier molecular flexibility index (Phi) is 3.59. The van der Waals surface area contributed by atoms with Gasteiger partial charge in [0.1, 0.15) is 0 Å². The van der Waals surface area contributed by atoms with Gasteiger partial charge in [-0.2, -0.15) is 0 Å². The first-order valence-corrected chi connectivity index (χ1v) is 5.98. The van der Waals surface area contributed by atoms with Crippen LogP contribution in [0.4, 0.5) is 0 Å². The van der Waals surface area contributed by atoms with E-state index in [2.05, 4.69) is 20.8 Å². The lowest BCUT2D eigenvalue weighted by Gasteiger charge is -2.47. The largest absolute Gasteiger partial charge is 0.388 e. The normalized spacial score (nSPS) is 34.5. The Morgan fingerprint density at radius 3 is 2.07 bits per heavy atom. The van der Waals surface area contributed by atoms with Gasteiger partial charge in [0.25, 0.3) is 0 Å². The van der Waals surface area contributed by atoms with Crippen molar-refractivity contribution in [3.63, 3.8) is 0 Å². The smallest absolute Gasteiger partial charge is 0.0826 e. The van der Waals surface area contributed by atoms with E-state index < -0.39 is 5.60 Å². The van der Waals surface area contributed by atoms with Crippen LogP contribution in [0, 0.1) is 5.92 Å². The molecular formula is C12H25NO. The van der Waals surface area contributed by atoms with Crippen LogP contribution in [0.3, 0.4) is 0 Å². The molecule has 1 saturated carbocycles. The van der Waals surface area contributed by atoms with Crippen LogP contribution in [-0.2, 0) is 0 Å². The fraction of sp³-hybridized carbons (Fsp3) is 1.00. The summed E-state index contributed by atoms with van der Waals surface area (Å²) in [6.07, 6.45) is 5.74. The summed E-state index contributed by atoms with van der Waals surface area (Å²) >= 11 is 0. The third-order valence-electron chi connectivity index (χ3n) is 4.29. The van der Waals surface area contributed by atoms with Gasteiger partial charge in [-0.15, -0.1) is 0 Å². The predicted molar refractivity (Wildman–Crippen MR) is 60.1 cm³/mol. The highest BCUT2D eigenvalue weighted by molar-refractivity contribution is 5.03. The van der Waals surface area contributed by atoms with Gasteiger partial charge < -0.3 is 10.8 Å². The summed E-state index contributed by atoms with van der Waals surface area (Å²) in [4.78, 5) is 0. The molecule has 0 radical (unpaired) electrons. The van der Waals surface area contributed by atoms with E-state index in [1.165, 1.54) is 0 Å². The van der Waals surface area contributed by atoms with E-state index in [1.807, 2.05) is 0 Å². The van der Waals surface area contributed by atoms with E-state index in [9.17, 15) is 5.11 Å². The fourth-order valence-electron chi connectivity index (χ4n) is 2.65. The summed E-state index contributed by atoms with van der Waals surface area (Å²) in [6, 6.07) is 0. The molecule has 84 valence electrons. The molecule has 0 atom stereocenters. The molecule has 2 heteroatoms. The monoisotopic (exact) mass is 199 g/mol. The minimum atomic E-state index is -0.608. The first-order valence-electron chi connectivity index (χ1n) is 5.98. The van der Waals surface area contributed by atoms with Gasteiger partial charge in [-0.1, -0.05) is 20.8 Å². The lowest BCUT2D eigenvalue weighted by Crippen LogP contribution is -2.61. The van der Waals surface area contributed by atoms with Crippen molar-refractivity contribution in [1.29, 1.82) is 0 Å². The summed E-state index contributed by atoms with van der Waals surface area (Å²) in [5.41, 5.74) is 5.32. The lowest BCUT2D eigenvalue weighted by atomic mass is 9.66. The van der Waals surface area contributed by atoms with Crippen LogP contribution in [0.5, 0.6) is 0 Å². The molecule has 0 saturated heterocycles. The van der Waals surface area contributed by atoms with Gasteiger partial charge >= 0.3 is 0 Å². The zero-order valence-electron chi connectivity index (χ0n) is 9.84. The van der Waals surface area contributed by atoms with E-state index in [0.717, 1.165) is 44.4 Å². The van der Waals surface area contributed by atoms with E-state index >= 15 is 0 Å². The Bertz CT molecular complexity index is 179. The lowest BCUT2D eigenvalue weighted by molar-refractivity contribution is -0.0754. The Hall–Kier alpha value is -0.0800. The number of nitrogens with two attached hydrogens (primary N) is 1. The van der Waals surface area contributed by atoms with Crippen LogP contribution in [-0.4, -0.2) is 16.2 Å². The standard InChI is InChI=1S/C12H25NO/c1-4-11(13,5-2)12(14)8-6-10(3)7-9-12/h10,14H,4-9,13H2,1-3H3. The fourth-order valence-corrected chi connectivity index (χ4v) is 2.65. The number of hydrogen-bond donors (Lipinski definition) is 2. The Morgan fingerprint density at radius 1 is 1.29 bits per heavy atom. The third kappa shape index (κ3) is 1.96. The van der Waals surface area contributed by atoms with Gasteiger partial charge in [0.15, 0.2) is 0 Å². The average Bonchev–Trinajstić information content (AvgIpc) is 2.21. The van der Waals surface area contributed by atoms with E-state index in [4.69, 9.17) is 5.73 Å². The molecule has 0 unspecified atom stereocenters. The quantitative estimate of drug-likeness (QED) is 0.733. The maximum Gasteiger partial charge on any atom is 0.0826 e. The van der Waals surface area contributed by atoms with Gasteiger partial charge in [0.2, 0.25) is 0 Å². The molecule has 0 heterocycles. The maximum atomic E-state index is 10.6. The molecule has 0 aromatic carbocycles. The van der Waals surface area contributed by atoms with Crippen LogP contribution >= 0.6 is 0 Å². The molecule has 0 aromatic heterocycles. The Morgan fingerprint density at radius 2 is 1.71 bits per heavy atom. The number of aliphatic hydroxyl groups is 1. The van der Waals surface area contributed by atoms with Crippen LogP contribution in [0.25, 0.3) is 0 Å². The van der Waals surface area contributed by atoms with Gasteiger partial charge in [-0.25, -0.2) is 0 Å². The molecule has 0 amide bonds. The molecule has 1 rings (SSSR count). The molecule has 14 heavy (non-hydrogen) atoms. The van der Waals surface area contributed by atoms with Gasteiger partial charge in [-0.05, 0) is 44.4 Å². The first kappa shape index (κ1) is 12.0. The van der Waals surface area contributed by atoms with Crippen molar-refractivity contribution >= 4 is 0 Å². The minimum Gasteiger partial charge on any atom is -0.388 e. The van der Waals surface area contributed by atoms with Crippen LogP contribution in [0.2, 0.25) is 0 Å². The van der Waals surface area contributed by atoms with Gasteiger partial charge in [-0.3, -0.25) is 0 Å². The summed E-state index contributed by atoms with van der Waals surface area (Å²) in [5, 5.41) is 10.6. The minimum absolute atomic E-state index is 0.368. The summed E-state index contributed by atoms with van der Waals surface area (Å²) < 4.78 is 0. The molecule has 1 fully saturated rings. The summed E-state index contributed by atoms with van der Waals surface area (Å²) in [5.74, 6) is 0.758. The van der Waals surface area contributed by atoms with E-state index in [-0.39, 0.29) is 5.54 Å². The Balaban J connectivity index is 2.73. The zero-order valence-corrected chi connectivity index (χ0v) is 9.84. The van der Waals surface area contributed by atoms with Crippen molar-refractivity contribution in [2.75, 3.05) is 0 Å². The Labute approximate surface area is 87.9 Å². The van der Waals surface area contributed by atoms with Crippen molar-refractivity contribution in [2.45, 2.75) is 70.4 Å². The molecule has 0 bridgehead atoms. The average molecular weight is 199 g/mol. The van der Waals surface area contributed by atoms with Crippen molar-refractivity contribution < 1.29 is 5.11 Å². The van der Waals surface area contributed by atoms with Crippen molar-refractivity contribution in [3.05, 3.63) is 0 Å². The van der Waals surface area contributed by atoms with E-state index in [1.54, 1.807) is 0 Å². The first-order chi connectivity index (χ1) is 6.47. The molecule has 1 aliphatic rings. The SMILES string of the molecule is CCC(N)(CC)C1(O)CCC(C)CC1. The zero-order chi connectivity index (χ0) is 10.8. The molecule has 0 aromatic rings. The highest BCUT2D eigenvalue weighted by atomic mass is 16.3. The molecule has 0 spiro atoms. The number of rotatable bonds is 3. The molecule has 0 aliphatic heterocycles. The van der Waals surface area contributed by atoms with Crippen molar-refractivity contribution in [3.8, 4) is 0 Å². The molecule has 2 nitrogen and oxygen atoms in total. The second-order valence-corrected chi connectivity index (χ2v) is 5.08. The second kappa shape index (κ2) is 4.19. The third-order valence-corrected chi connectivity index (χ3v) is 4.29. The van der Waals surface area contributed by atoms with Crippen molar-refractivity contribution in [2.24, 2.45) is 11.7 Å². The van der Waals surface area contributed by atoms with Gasteiger partial charge in [0, 0.05) is 5.54 Å². The summed E-state index contributed by atoms with van der Waals surface area (Å²) in [7, 11) is 0. The predicted octanol–water partition coefficient (Wildman–Crippen LogP) is 2.45. The van der Waals surface area contributed by atoms with E-state index in [0.29, 0.717) is 0 Å². The van der Waals surface area contributed by atoms with Crippen LogP contribution in [0.15, 0.2) is 0 Å². The molecule has 3 N–H and O–H groups in total. The van der Waals surface area contributed by atoms with Crippen LogP contribution in [0.1, 0.15) is 59.3 Å². The molecule has 1 aliphatic carbocycles. The van der Waals surface area contributed by atoms with Gasteiger partial charge in [0.05, 0.1) is 5.60 Å². The highest BCUT2D eigenvalue weighted by Crippen LogP contribution is 2.40. The number of hydrogen-bond acceptors (Lipinski definition) is 2. The highest BCUT2D eigenvalue weighted by Gasteiger charge is 2.46. The molecular weight excluding hydrogens is 174 g/mol. The summed E-state index contributed by atoms with van der Waals surface area (Å²) in [6.45, 7) is 6.43. The van der Waals surface area contributed by atoms with Crippen molar-refractivity contribution in [1.82, 2.24) is 0 Å². The van der Waals surface area contributed by atoms with Crippen LogP contribution < -0.4 is 5.73 Å².